The van der Waals surface area contributed by atoms with Crippen molar-refractivity contribution < 1.29 is 34.2 Å². The van der Waals surface area contributed by atoms with Crippen LogP contribution in [0.15, 0.2) is 12.5 Å². The van der Waals surface area contributed by atoms with E-state index in [9.17, 15) is 29.1 Å². The van der Waals surface area contributed by atoms with Crippen molar-refractivity contribution in [1.82, 2.24) is 25.9 Å². The van der Waals surface area contributed by atoms with Gasteiger partial charge in [0.2, 0.25) is 17.7 Å². The molecule has 0 spiro atoms. The highest BCUT2D eigenvalue weighted by atomic mass is 32.1. The lowest BCUT2D eigenvalue weighted by Gasteiger charge is -2.24. The zero-order chi connectivity index (χ0) is 25.1. The molecule has 0 bridgehead atoms. The van der Waals surface area contributed by atoms with Crippen molar-refractivity contribution in [1.29, 1.82) is 0 Å². The molecule has 13 nitrogen and oxygen atoms in total. The number of aliphatic carboxylic acids is 2. The fourth-order valence-corrected chi connectivity index (χ4v) is 3.09. The third-order valence-corrected chi connectivity index (χ3v) is 4.85. The zero-order valence-corrected chi connectivity index (χ0v) is 19.2. The number of rotatable bonds is 14. The number of aromatic amines is 1. The van der Waals surface area contributed by atoms with Crippen LogP contribution in [-0.4, -0.2) is 79.8 Å². The highest BCUT2D eigenvalue weighted by molar-refractivity contribution is 7.80. The lowest BCUT2D eigenvalue weighted by atomic mass is 10.0. The molecule has 14 heteroatoms. The van der Waals surface area contributed by atoms with Gasteiger partial charge in [-0.25, -0.2) is 9.78 Å². The fraction of sp³-hybridized carbons (Fsp3) is 0.579. The van der Waals surface area contributed by atoms with Gasteiger partial charge >= 0.3 is 11.9 Å². The Labute approximate surface area is 195 Å². The minimum Gasteiger partial charge on any atom is -0.481 e. The molecule has 1 aromatic heterocycles. The molecule has 33 heavy (non-hydrogen) atoms. The van der Waals surface area contributed by atoms with E-state index in [1.54, 1.807) is 0 Å². The number of nitrogens with two attached hydrogens (primary N) is 1. The number of carbonyl (C=O) groups is 5. The number of nitrogens with zero attached hydrogens (tertiary/aromatic N) is 1. The summed E-state index contributed by atoms with van der Waals surface area (Å²) in [5, 5.41) is 25.4. The average molecular weight is 487 g/mol. The largest absolute Gasteiger partial charge is 0.481 e. The van der Waals surface area contributed by atoms with E-state index in [0.29, 0.717) is 12.1 Å². The topological polar surface area (TPSA) is 217 Å². The molecule has 1 heterocycles. The minimum absolute atomic E-state index is 0.0836. The van der Waals surface area contributed by atoms with Crippen molar-refractivity contribution in [3.05, 3.63) is 18.2 Å². The lowest BCUT2D eigenvalue weighted by molar-refractivity contribution is -0.143. The monoisotopic (exact) mass is 486 g/mol. The summed E-state index contributed by atoms with van der Waals surface area (Å²) in [4.78, 5) is 66.6. The molecule has 1 aromatic rings. The quantitative estimate of drug-likeness (QED) is 0.140. The van der Waals surface area contributed by atoms with Gasteiger partial charge in [0.15, 0.2) is 0 Å². The van der Waals surface area contributed by atoms with E-state index in [4.69, 9.17) is 10.8 Å². The number of imidazole rings is 1. The van der Waals surface area contributed by atoms with Crippen molar-refractivity contribution in [2.75, 3.05) is 5.75 Å². The van der Waals surface area contributed by atoms with E-state index in [-0.39, 0.29) is 18.1 Å². The normalized spacial score (nSPS) is 14.6. The maximum atomic E-state index is 12.6. The van der Waals surface area contributed by atoms with Crippen LogP contribution in [0.3, 0.4) is 0 Å². The molecule has 0 radical (unpaired) electrons. The predicted molar refractivity (Wildman–Crippen MR) is 119 cm³/mol. The number of carbonyl (C=O) groups excluding carboxylic acids is 3. The van der Waals surface area contributed by atoms with Crippen LogP contribution in [0.5, 0.6) is 0 Å². The summed E-state index contributed by atoms with van der Waals surface area (Å²) in [6.07, 6.45) is 2.26. The Balaban J connectivity index is 2.84. The second-order valence-corrected chi connectivity index (χ2v) is 8.18. The molecular weight excluding hydrogens is 456 g/mol. The van der Waals surface area contributed by atoms with Crippen LogP contribution < -0.4 is 21.7 Å². The summed E-state index contributed by atoms with van der Waals surface area (Å²) < 4.78 is 0. The molecule has 4 unspecified atom stereocenters. The summed E-state index contributed by atoms with van der Waals surface area (Å²) in [5.74, 6) is -5.28. The first kappa shape index (κ1) is 27.9. The van der Waals surface area contributed by atoms with Gasteiger partial charge in [0.1, 0.15) is 18.1 Å². The van der Waals surface area contributed by atoms with E-state index < -0.39 is 60.2 Å². The summed E-state index contributed by atoms with van der Waals surface area (Å²) >= 11 is 4.01. The van der Waals surface area contributed by atoms with E-state index in [1.807, 2.05) is 13.8 Å². The van der Waals surface area contributed by atoms with Gasteiger partial charge in [0, 0.05) is 24.1 Å². The molecule has 0 aromatic carbocycles. The van der Waals surface area contributed by atoms with Gasteiger partial charge < -0.3 is 36.9 Å². The molecular formula is C19H30N6O7S. The Hall–Kier alpha value is -3.13. The van der Waals surface area contributed by atoms with Crippen molar-refractivity contribution in [3.8, 4) is 0 Å². The average Bonchev–Trinajstić information content (AvgIpc) is 3.22. The van der Waals surface area contributed by atoms with Crippen LogP contribution in [0, 0.1) is 5.92 Å². The number of thiol groups is 1. The summed E-state index contributed by atoms with van der Waals surface area (Å²) in [6.45, 7) is 3.70. The van der Waals surface area contributed by atoms with Crippen LogP contribution in [0.4, 0.5) is 0 Å². The molecule has 8 N–H and O–H groups in total. The lowest BCUT2D eigenvalue weighted by Crippen LogP contribution is -2.58. The first-order valence-corrected chi connectivity index (χ1v) is 10.8. The molecule has 0 aliphatic carbocycles. The van der Waals surface area contributed by atoms with Gasteiger partial charge in [-0.1, -0.05) is 13.8 Å². The third-order valence-electron chi connectivity index (χ3n) is 4.48. The Kier molecular flexibility index (Phi) is 11.4. The number of hydrogen-bond donors (Lipinski definition) is 8. The molecule has 4 atom stereocenters. The number of aromatic nitrogens is 2. The Bertz CT molecular complexity index is 833. The molecule has 0 saturated carbocycles. The van der Waals surface area contributed by atoms with E-state index in [0.717, 1.165) is 0 Å². The smallest absolute Gasteiger partial charge is 0.326 e. The molecule has 0 fully saturated rings. The van der Waals surface area contributed by atoms with Crippen LogP contribution in [-0.2, 0) is 30.4 Å². The molecule has 0 aliphatic rings. The molecule has 3 amide bonds. The van der Waals surface area contributed by atoms with Crippen molar-refractivity contribution in [3.63, 3.8) is 0 Å². The summed E-state index contributed by atoms with van der Waals surface area (Å²) in [6, 6.07) is -5.05. The van der Waals surface area contributed by atoms with Crippen molar-refractivity contribution in [2.24, 2.45) is 11.7 Å². The molecule has 1 rings (SSSR count). The van der Waals surface area contributed by atoms with Gasteiger partial charge in [-0.3, -0.25) is 19.2 Å². The first-order chi connectivity index (χ1) is 15.4. The number of hydrogen-bond acceptors (Lipinski definition) is 8. The maximum absolute atomic E-state index is 12.6. The van der Waals surface area contributed by atoms with Gasteiger partial charge in [0.25, 0.3) is 0 Å². The number of H-pyrrole nitrogens is 1. The minimum atomic E-state index is -1.50. The van der Waals surface area contributed by atoms with Crippen LogP contribution >= 0.6 is 12.6 Å². The summed E-state index contributed by atoms with van der Waals surface area (Å²) in [7, 11) is 0. The Morgan fingerprint density at radius 2 is 1.61 bits per heavy atom. The number of carboxylic acid groups (broad SMARTS) is 2. The van der Waals surface area contributed by atoms with Crippen LogP contribution in [0.25, 0.3) is 0 Å². The van der Waals surface area contributed by atoms with Gasteiger partial charge in [-0.15, -0.1) is 0 Å². The second-order valence-electron chi connectivity index (χ2n) is 7.82. The number of nitrogens with one attached hydrogen (secondary N) is 4. The Morgan fingerprint density at radius 3 is 2.09 bits per heavy atom. The van der Waals surface area contributed by atoms with Crippen LogP contribution in [0.2, 0.25) is 0 Å². The predicted octanol–water partition coefficient (Wildman–Crippen LogP) is -1.73. The van der Waals surface area contributed by atoms with E-state index >= 15 is 0 Å². The number of amides is 3. The zero-order valence-electron chi connectivity index (χ0n) is 18.3. The summed E-state index contributed by atoms with van der Waals surface area (Å²) in [5.41, 5.74) is 6.25. The molecule has 184 valence electrons. The highest BCUT2D eigenvalue weighted by Gasteiger charge is 2.31. The first-order valence-electron chi connectivity index (χ1n) is 10.1. The van der Waals surface area contributed by atoms with Gasteiger partial charge in [-0.2, -0.15) is 12.6 Å². The Morgan fingerprint density at radius 1 is 1.03 bits per heavy atom. The SMILES string of the molecule is CC(C)CC(N)C(=O)NC(CC(=O)O)C(=O)NC(CS)C(=O)NC(Cc1cnc[nH]1)C(=O)O. The van der Waals surface area contributed by atoms with Gasteiger partial charge in [-0.05, 0) is 12.3 Å². The van der Waals surface area contributed by atoms with Crippen LogP contribution in [0.1, 0.15) is 32.4 Å². The van der Waals surface area contributed by atoms with Crippen molar-refractivity contribution >= 4 is 42.3 Å². The standard InChI is InChI=1S/C19H30N6O7S/c1-9(2)3-11(20)16(28)23-12(5-15(26)27)17(29)25-14(7-33)18(30)24-13(19(31)32)4-10-6-21-8-22-10/h6,8-9,11-14,33H,3-5,7,20H2,1-2H3,(H,21,22)(H,23,28)(H,24,30)(H,25,29)(H,26,27)(H,31,32). The molecule has 0 aliphatic heterocycles. The van der Waals surface area contributed by atoms with Gasteiger partial charge in [0.05, 0.1) is 18.8 Å². The number of carboxylic acids is 2. The molecule has 0 saturated heterocycles. The van der Waals surface area contributed by atoms with Crippen molar-refractivity contribution in [2.45, 2.75) is 57.3 Å². The van der Waals surface area contributed by atoms with E-state index in [1.165, 1.54) is 12.5 Å². The highest BCUT2D eigenvalue weighted by Crippen LogP contribution is 2.05. The maximum Gasteiger partial charge on any atom is 0.326 e. The van der Waals surface area contributed by atoms with E-state index in [2.05, 4.69) is 38.5 Å². The third kappa shape index (κ3) is 9.91. The second kappa shape index (κ2) is 13.4. The fourth-order valence-electron chi connectivity index (χ4n) is 2.83.